The Morgan fingerprint density at radius 3 is 2.29 bits per heavy atom. The van der Waals surface area contributed by atoms with Gasteiger partial charge < -0.3 is 10.2 Å². The molecule has 2 aromatic carbocycles. The van der Waals surface area contributed by atoms with Crippen LogP contribution in [0, 0.1) is 11.6 Å². The fourth-order valence-electron chi connectivity index (χ4n) is 2.36. The molecule has 0 aliphatic heterocycles. The van der Waals surface area contributed by atoms with E-state index in [2.05, 4.69) is 15.9 Å². The van der Waals surface area contributed by atoms with Gasteiger partial charge in [-0.25, -0.2) is 8.78 Å². The van der Waals surface area contributed by atoms with Crippen molar-refractivity contribution in [3.63, 3.8) is 0 Å². The third-order valence-corrected chi connectivity index (χ3v) is 4.28. The zero-order valence-electron chi connectivity index (χ0n) is 11.2. The van der Waals surface area contributed by atoms with Gasteiger partial charge in [-0.1, -0.05) is 34.1 Å². The number of aliphatic hydroxyl groups excluding tert-OH is 2. The summed E-state index contributed by atoms with van der Waals surface area (Å²) in [7, 11) is 0. The van der Waals surface area contributed by atoms with Crippen molar-refractivity contribution >= 4 is 15.9 Å². The Morgan fingerprint density at radius 2 is 1.67 bits per heavy atom. The van der Waals surface area contributed by atoms with E-state index in [4.69, 9.17) is 0 Å². The fraction of sp³-hybridized carbons (Fsp3) is 0.250. The van der Waals surface area contributed by atoms with E-state index in [0.29, 0.717) is 10.0 Å². The summed E-state index contributed by atoms with van der Waals surface area (Å²) in [6.45, 7) is -0.774. The standard InChI is InChI=1S/C16H15BrF2O2/c17-14-4-2-1-3-13(14)16(9-20,10-21)8-11-7-12(18)5-6-15(11)19/h1-7,20-21H,8-10H2. The van der Waals surface area contributed by atoms with Gasteiger partial charge in [0.1, 0.15) is 11.6 Å². The minimum Gasteiger partial charge on any atom is -0.395 e. The van der Waals surface area contributed by atoms with E-state index in [1.54, 1.807) is 24.3 Å². The molecule has 0 saturated carbocycles. The molecule has 0 aliphatic carbocycles. The van der Waals surface area contributed by atoms with E-state index in [0.717, 1.165) is 18.2 Å². The lowest BCUT2D eigenvalue weighted by Crippen LogP contribution is -2.38. The number of benzene rings is 2. The molecule has 112 valence electrons. The van der Waals surface area contributed by atoms with Gasteiger partial charge in [-0.15, -0.1) is 0 Å². The molecule has 0 heterocycles. The molecule has 2 N–H and O–H groups in total. The van der Waals surface area contributed by atoms with E-state index in [1.807, 2.05) is 0 Å². The SMILES string of the molecule is OCC(CO)(Cc1cc(F)ccc1F)c1ccccc1Br. The Balaban J connectivity index is 2.48. The largest absolute Gasteiger partial charge is 0.395 e. The van der Waals surface area contributed by atoms with Gasteiger partial charge in [0.2, 0.25) is 0 Å². The summed E-state index contributed by atoms with van der Waals surface area (Å²) in [4.78, 5) is 0. The van der Waals surface area contributed by atoms with Gasteiger partial charge in [0.15, 0.2) is 0 Å². The molecule has 2 rings (SSSR count). The van der Waals surface area contributed by atoms with E-state index in [1.165, 1.54) is 0 Å². The van der Waals surface area contributed by atoms with E-state index in [9.17, 15) is 19.0 Å². The maximum absolute atomic E-state index is 13.8. The van der Waals surface area contributed by atoms with Crippen molar-refractivity contribution in [3.8, 4) is 0 Å². The molecule has 0 saturated heterocycles. The van der Waals surface area contributed by atoms with Gasteiger partial charge in [0, 0.05) is 9.89 Å². The second-order valence-corrected chi connectivity index (χ2v) is 5.84. The first kappa shape index (κ1) is 16.1. The first-order valence-corrected chi connectivity index (χ1v) is 7.22. The summed E-state index contributed by atoms with van der Waals surface area (Å²) in [5, 5.41) is 19.6. The van der Waals surface area contributed by atoms with Gasteiger partial charge in [-0.3, -0.25) is 0 Å². The van der Waals surface area contributed by atoms with Crippen LogP contribution in [0.3, 0.4) is 0 Å². The van der Waals surface area contributed by atoms with Gasteiger partial charge >= 0.3 is 0 Å². The Bertz CT molecular complexity index is 627. The summed E-state index contributed by atoms with van der Waals surface area (Å²) < 4.78 is 27.9. The van der Waals surface area contributed by atoms with Gasteiger partial charge in [0.05, 0.1) is 13.2 Å². The topological polar surface area (TPSA) is 40.5 Å². The van der Waals surface area contributed by atoms with Gasteiger partial charge in [-0.05, 0) is 41.8 Å². The van der Waals surface area contributed by atoms with Crippen LogP contribution in [0.5, 0.6) is 0 Å². The van der Waals surface area contributed by atoms with Crippen molar-refractivity contribution in [1.29, 1.82) is 0 Å². The third-order valence-electron chi connectivity index (χ3n) is 3.59. The highest BCUT2D eigenvalue weighted by Crippen LogP contribution is 2.34. The molecule has 21 heavy (non-hydrogen) atoms. The molecular weight excluding hydrogens is 342 g/mol. The van der Waals surface area contributed by atoms with E-state index >= 15 is 0 Å². The predicted octanol–water partition coefficient (Wildman–Crippen LogP) is 3.19. The lowest BCUT2D eigenvalue weighted by atomic mass is 9.76. The first-order valence-electron chi connectivity index (χ1n) is 6.43. The van der Waals surface area contributed by atoms with Crippen LogP contribution in [0.2, 0.25) is 0 Å². The quantitative estimate of drug-likeness (QED) is 0.863. The average molecular weight is 357 g/mol. The maximum atomic E-state index is 13.8. The molecule has 0 bridgehead atoms. The van der Waals surface area contributed by atoms with Crippen molar-refractivity contribution in [2.24, 2.45) is 0 Å². The Hall–Kier alpha value is -1.30. The zero-order valence-corrected chi connectivity index (χ0v) is 12.8. The minimum absolute atomic E-state index is 0.00773. The Labute approximate surface area is 130 Å². The van der Waals surface area contributed by atoms with Crippen LogP contribution in [-0.4, -0.2) is 23.4 Å². The summed E-state index contributed by atoms with van der Waals surface area (Å²) in [6.07, 6.45) is -0.00773. The predicted molar refractivity (Wildman–Crippen MR) is 80.1 cm³/mol. The van der Waals surface area contributed by atoms with Crippen LogP contribution >= 0.6 is 15.9 Å². The van der Waals surface area contributed by atoms with Gasteiger partial charge in [0.25, 0.3) is 0 Å². The van der Waals surface area contributed by atoms with Crippen molar-refractivity contribution in [1.82, 2.24) is 0 Å². The molecule has 2 nitrogen and oxygen atoms in total. The summed E-state index contributed by atoms with van der Waals surface area (Å²) >= 11 is 3.37. The molecule has 0 fully saturated rings. The molecule has 5 heteroatoms. The maximum Gasteiger partial charge on any atom is 0.126 e. The number of hydrogen-bond donors (Lipinski definition) is 2. The summed E-state index contributed by atoms with van der Waals surface area (Å²) in [5.41, 5.74) is -0.318. The van der Waals surface area contributed by atoms with Crippen LogP contribution in [0.25, 0.3) is 0 Å². The number of rotatable bonds is 5. The zero-order chi connectivity index (χ0) is 15.5. The van der Waals surface area contributed by atoms with Crippen LogP contribution in [0.1, 0.15) is 11.1 Å². The normalized spacial score (nSPS) is 11.7. The van der Waals surface area contributed by atoms with Crippen LogP contribution in [0.15, 0.2) is 46.9 Å². The van der Waals surface area contributed by atoms with Crippen molar-refractivity contribution in [3.05, 3.63) is 69.7 Å². The molecule has 0 radical (unpaired) electrons. The van der Waals surface area contributed by atoms with Crippen LogP contribution in [-0.2, 0) is 11.8 Å². The highest BCUT2D eigenvalue weighted by molar-refractivity contribution is 9.10. The van der Waals surface area contributed by atoms with Crippen LogP contribution in [0.4, 0.5) is 8.78 Å². The summed E-state index contributed by atoms with van der Waals surface area (Å²) in [5.74, 6) is -1.11. The number of hydrogen-bond acceptors (Lipinski definition) is 2. The molecule has 0 aliphatic rings. The molecule has 0 atom stereocenters. The number of halogens is 3. The Kier molecular flexibility index (Phi) is 5.08. The number of aliphatic hydroxyl groups is 2. The second kappa shape index (κ2) is 6.64. The first-order chi connectivity index (χ1) is 10.0. The fourth-order valence-corrected chi connectivity index (χ4v) is 3.07. The molecule has 2 aromatic rings. The van der Waals surface area contributed by atoms with Gasteiger partial charge in [-0.2, -0.15) is 0 Å². The molecule has 0 aromatic heterocycles. The molecule has 0 amide bonds. The highest BCUT2D eigenvalue weighted by Gasteiger charge is 2.34. The Morgan fingerprint density at radius 1 is 1.00 bits per heavy atom. The monoisotopic (exact) mass is 356 g/mol. The third kappa shape index (κ3) is 3.31. The van der Waals surface area contributed by atoms with Crippen molar-refractivity contribution < 1.29 is 19.0 Å². The van der Waals surface area contributed by atoms with E-state index in [-0.39, 0.29) is 25.2 Å². The average Bonchev–Trinajstić information content (AvgIpc) is 2.49. The summed E-state index contributed by atoms with van der Waals surface area (Å²) in [6, 6.07) is 10.3. The van der Waals surface area contributed by atoms with E-state index < -0.39 is 17.0 Å². The smallest absolute Gasteiger partial charge is 0.126 e. The lowest BCUT2D eigenvalue weighted by molar-refractivity contribution is 0.115. The highest BCUT2D eigenvalue weighted by atomic mass is 79.9. The van der Waals surface area contributed by atoms with Crippen molar-refractivity contribution in [2.45, 2.75) is 11.8 Å². The van der Waals surface area contributed by atoms with Crippen molar-refractivity contribution in [2.75, 3.05) is 13.2 Å². The molecule has 0 unspecified atom stereocenters. The second-order valence-electron chi connectivity index (χ2n) is 4.99. The lowest BCUT2D eigenvalue weighted by Gasteiger charge is -2.31. The minimum atomic E-state index is -1.09. The molecular formula is C16H15BrF2O2. The van der Waals surface area contributed by atoms with Crippen LogP contribution < -0.4 is 0 Å². The molecule has 0 spiro atoms.